The second-order valence-electron chi connectivity index (χ2n) is 5.55. The number of rotatable bonds is 4. The van der Waals surface area contributed by atoms with Crippen LogP contribution in [0.15, 0.2) is 45.6 Å². The molecule has 0 radical (unpaired) electrons. The van der Waals surface area contributed by atoms with Gasteiger partial charge < -0.3 is 10.6 Å². The molecule has 2 N–H and O–H groups in total. The maximum Gasteiger partial charge on any atom is 0.231 e. The number of aliphatic imine (C=N–C) groups is 2. The van der Waals surface area contributed by atoms with Crippen LogP contribution in [0.2, 0.25) is 0 Å². The Labute approximate surface area is 134 Å². The number of allylic oxidation sites excluding steroid dienone is 3. The fraction of sp³-hybridized carbons (Fsp3) is 0.429. The Balaban J connectivity index is 1.89. The van der Waals surface area contributed by atoms with E-state index in [9.17, 15) is 12.8 Å². The summed E-state index contributed by atoms with van der Waals surface area (Å²) in [6.45, 7) is 0. The molecular weight excluding hydrogens is 321 g/mol. The molecule has 9 heteroatoms. The van der Waals surface area contributed by atoms with Crippen LogP contribution in [0.4, 0.5) is 4.39 Å². The van der Waals surface area contributed by atoms with Gasteiger partial charge in [-0.25, -0.2) is 22.8 Å². The monoisotopic (exact) mass is 339 g/mol. The number of halogens is 1. The minimum atomic E-state index is -3.36. The molecule has 2 atom stereocenters. The van der Waals surface area contributed by atoms with Gasteiger partial charge in [0.1, 0.15) is 30.1 Å². The Morgan fingerprint density at radius 2 is 2.26 bits per heavy atom. The van der Waals surface area contributed by atoms with E-state index in [1.807, 2.05) is 12.2 Å². The number of hydrogen-bond donors (Lipinski definition) is 2. The molecule has 1 aliphatic carbocycles. The third-order valence-corrected chi connectivity index (χ3v) is 5.23. The van der Waals surface area contributed by atoms with Crippen molar-refractivity contribution in [2.45, 2.75) is 19.0 Å². The van der Waals surface area contributed by atoms with Crippen LogP contribution in [0.25, 0.3) is 0 Å². The zero-order valence-corrected chi connectivity index (χ0v) is 13.6. The average molecular weight is 339 g/mol. The van der Waals surface area contributed by atoms with E-state index in [-0.39, 0.29) is 5.83 Å². The molecule has 0 amide bonds. The van der Waals surface area contributed by atoms with E-state index in [1.165, 1.54) is 23.9 Å². The number of sulfonamides is 1. The van der Waals surface area contributed by atoms with Crippen molar-refractivity contribution in [1.82, 2.24) is 14.9 Å². The zero-order chi connectivity index (χ0) is 16.6. The second-order valence-corrected chi connectivity index (χ2v) is 7.56. The second kappa shape index (κ2) is 5.80. The van der Waals surface area contributed by atoms with E-state index >= 15 is 0 Å². The van der Waals surface area contributed by atoms with Crippen LogP contribution in [-0.4, -0.2) is 44.4 Å². The summed E-state index contributed by atoms with van der Waals surface area (Å²) < 4.78 is 38.9. The van der Waals surface area contributed by atoms with Crippen molar-refractivity contribution >= 4 is 22.2 Å². The molecule has 2 heterocycles. The lowest BCUT2D eigenvalue weighted by Gasteiger charge is -2.29. The molecule has 3 rings (SSSR count). The number of nitrogens with zero attached hydrogens (tertiary/aromatic N) is 3. The smallest absolute Gasteiger partial charge is 0.231 e. The molecule has 23 heavy (non-hydrogen) atoms. The third kappa shape index (κ3) is 3.00. The predicted octanol–water partition coefficient (Wildman–Crippen LogP) is 0.826. The minimum Gasteiger partial charge on any atom is -0.361 e. The van der Waals surface area contributed by atoms with Crippen LogP contribution in [0.3, 0.4) is 0 Å². The molecule has 0 aromatic carbocycles. The van der Waals surface area contributed by atoms with E-state index in [4.69, 9.17) is 0 Å². The molecule has 0 saturated heterocycles. The predicted molar refractivity (Wildman–Crippen MR) is 86.7 cm³/mol. The summed E-state index contributed by atoms with van der Waals surface area (Å²) in [5.41, 5.74) is 1.27. The average Bonchev–Trinajstić information content (AvgIpc) is 2.89. The molecule has 2 unspecified atom stereocenters. The normalized spacial score (nSPS) is 26.4. The first kappa shape index (κ1) is 15.7. The van der Waals surface area contributed by atoms with Crippen LogP contribution in [-0.2, 0) is 10.0 Å². The molecule has 0 aromatic rings. The molecule has 124 valence electrons. The number of hydrogen-bond acceptors (Lipinski definition) is 6. The van der Waals surface area contributed by atoms with Gasteiger partial charge >= 0.3 is 0 Å². The quantitative estimate of drug-likeness (QED) is 0.794. The van der Waals surface area contributed by atoms with Crippen LogP contribution < -0.4 is 10.6 Å². The lowest BCUT2D eigenvalue weighted by atomic mass is 10.0. The van der Waals surface area contributed by atoms with Crippen molar-refractivity contribution in [1.29, 1.82) is 0 Å². The molecule has 3 aliphatic rings. The Morgan fingerprint density at radius 1 is 1.48 bits per heavy atom. The van der Waals surface area contributed by atoms with Gasteiger partial charge in [0, 0.05) is 13.2 Å². The van der Waals surface area contributed by atoms with Crippen molar-refractivity contribution in [3.63, 3.8) is 0 Å². The van der Waals surface area contributed by atoms with Crippen LogP contribution in [0.5, 0.6) is 0 Å². The zero-order valence-electron chi connectivity index (χ0n) is 12.8. The van der Waals surface area contributed by atoms with Gasteiger partial charge in [-0.3, -0.25) is 4.31 Å². The van der Waals surface area contributed by atoms with E-state index in [2.05, 4.69) is 20.6 Å². The van der Waals surface area contributed by atoms with Gasteiger partial charge in [0.15, 0.2) is 0 Å². The van der Waals surface area contributed by atoms with Gasteiger partial charge in [-0.05, 0) is 18.9 Å². The number of amidine groups is 1. The summed E-state index contributed by atoms with van der Waals surface area (Å²) in [7, 11) is -1.85. The largest absolute Gasteiger partial charge is 0.361 e. The summed E-state index contributed by atoms with van der Waals surface area (Å²) in [6.07, 6.45) is 8.31. The summed E-state index contributed by atoms with van der Waals surface area (Å²) >= 11 is 0. The van der Waals surface area contributed by atoms with Crippen molar-refractivity contribution < 1.29 is 12.8 Å². The van der Waals surface area contributed by atoms with E-state index < -0.39 is 22.1 Å². The Kier molecular flexibility index (Phi) is 3.97. The van der Waals surface area contributed by atoms with Gasteiger partial charge in [-0.2, -0.15) is 0 Å². The fourth-order valence-electron chi connectivity index (χ4n) is 2.72. The highest BCUT2D eigenvalue weighted by molar-refractivity contribution is 7.88. The molecule has 0 aromatic heterocycles. The SMILES string of the molecule is CN(C1=C(NC2N=CN=C3NC=C(F)C32)C=CCC1)S(C)(=O)=O. The fourth-order valence-corrected chi connectivity index (χ4v) is 3.31. The van der Waals surface area contributed by atoms with Crippen LogP contribution in [0, 0.1) is 5.92 Å². The van der Waals surface area contributed by atoms with Gasteiger partial charge in [0.05, 0.1) is 17.6 Å². The Hall–Kier alpha value is -2.16. The molecule has 0 fully saturated rings. The molecule has 7 nitrogen and oxygen atoms in total. The van der Waals surface area contributed by atoms with Crippen LogP contribution in [0.1, 0.15) is 12.8 Å². The van der Waals surface area contributed by atoms with Crippen molar-refractivity contribution in [2.75, 3.05) is 13.3 Å². The Bertz CT molecular complexity index is 766. The highest BCUT2D eigenvalue weighted by atomic mass is 32.2. The molecule has 0 bridgehead atoms. The van der Waals surface area contributed by atoms with E-state index in [1.54, 1.807) is 0 Å². The summed E-state index contributed by atoms with van der Waals surface area (Å²) in [5, 5.41) is 5.92. The van der Waals surface area contributed by atoms with Crippen molar-refractivity contribution in [2.24, 2.45) is 15.9 Å². The first-order chi connectivity index (χ1) is 10.9. The molecule has 0 spiro atoms. The number of fused-ring (bicyclic) bond motifs is 1. The molecular formula is C14H18FN5O2S. The summed E-state index contributed by atoms with van der Waals surface area (Å²) in [6, 6.07) is 0. The topological polar surface area (TPSA) is 86.2 Å². The van der Waals surface area contributed by atoms with E-state index in [0.29, 0.717) is 23.7 Å². The minimum absolute atomic E-state index is 0.350. The Morgan fingerprint density at radius 3 is 3.00 bits per heavy atom. The molecule has 0 saturated carbocycles. The standard InChI is InChI=1S/C14H18FN5O2S/c1-20(23(2,21)22)11-6-4-3-5-10(11)19-14-12-9(15)7-16-13(12)17-8-18-14/h3,5,7-8,12,14,19H,4,6H2,1-2H3,(H,16,17,18). The first-order valence-electron chi connectivity index (χ1n) is 7.19. The van der Waals surface area contributed by atoms with Gasteiger partial charge in [0.25, 0.3) is 0 Å². The van der Waals surface area contributed by atoms with Crippen molar-refractivity contribution in [3.8, 4) is 0 Å². The maximum atomic E-state index is 14.0. The third-order valence-electron chi connectivity index (χ3n) is 4.01. The first-order valence-corrected chi connectivity index (χ1v) is 9.04. The molecule has 2 aliphatic heterocycles. The summed E-state index contributed by atoms with van der Waals surface area (Å²) in [4.78, 5) is 8.21. The van der Waals surface area contributed by atoms with Crippen molar-refractivity contribution in [3.05, 3.63) is 35.6 Å². The van der Waals surface area contributed by atoms with Gasteiger partial charge in [-0.1, -0.05) is 6.08 Å². The van der Waals surface area contributed by atoms with Gasteiger partial charge in [0.2, 0.25) is 10.0 Å². The number of nitrogens with one attached hydrogen (secondary N) is 2. The van der Waals surface area contributed by atoms with Crippen LogP contribution >= 0.6 is 0 Å². The summed E-state index contributed by atoms with van der Waals surface area (Å²) in [5.74, 6) is -0.475. The highest BCUT2D eigenvalue weighted by Crippen LogP contribution is 2.28. The maximum absolute atomic E-state index is 14.0. The highest BCUT2D eigenvalue weighted by Gasteiger charge is 2.36. The lowest BCUT2D eigenvalue weighted by Crippen LogP contribution is -2.42. The lowest BCUT2D eigenvalue weighted by molar-refractivity contribution is 0.440. The van der Waals surface area contributed by atoms with Gasteiger partial charge in [-0.15, -0.1) is 0 Å². The van der Waals surface area contributed by atoms with E-state index in [0.717, 1.165) is 12.7 Å².